The van der Waals surface area contributed by atoms with Gasteiger partial charge in [-0.15, -0.1) is 0 Å². The fourth-order valence-electron chi connectivity index (χ4n) is 2.29. The molecule has 1 heteroatoms. The maximum absolute atomic E-state index is 6.20. The summed E-state index contributed by atoms with van der Waals surface area (Å²) in [4.78, 5) is 0. The molecule has 1 aromatic rings. The van der Waals surface area contributed by atoms with Gasteiger partial charge in [-0.3, -0.25) is 0 Å². The van der Waals surface area contributed by atoms with Gasteiger partial charge < -0.3 is 4.74 Å². The molecule has 0 saturated carbocycles. The average molecular weight is 218 g/mol. The third-order valence-corrected chi connectivity index (χ3v) is 3.37. The Morgan fingerprint density at radius 1 is 1.12 bits per heavy atom. The summed E-state index contributed by atoms with van der Waals surface area (Å²) in [6.07, 6.45) is 5.24. The predicted octanol–water partition coefficient (Wildman–Crippen LogP) is 4.21. The van der Waals surface area contributed by atoms with Crippen molar-refractivity contribution in [2.45, 2.75) is 52.6 Å². The van der Waals surface area contributed by atoms with Crippen LogP contribution in [0.4, 0.5) is 0 Å². The van der Waals surface area contributed by atoms with Crippen molar-refractivity contribution in [3.8, 4) is 5.75 Å². The molecule has 16 heavy (non-hydrogen) atoms. The molecule has 0 amide bonds. The van der Waals surface area contributed by atoms with Crippen LogP contribution >= 0.6 is 0 Å². The first-order chi connectivity index (χ1) is 7.57. The first-order valence-corrected chi connectivity index (χ1v) is 6.32. The van der Waals surface area contributed by atoms with E-state index in [1.807, 2.05) is 0 Å². The van der Waals surface area contributed by atoms with E-state index in [0.717, 1.165) is 12.2 Å². The van der Waals surface area contributed by atoms with E-state index in [-0.39, 0.29) is 5.41 Å². The van der Waals surface area contributed by atoms with E-state index in [1.165, 1.54) is 24.8 Å². The Bertz CT molecular complexity index is 349. The molecule has 0 aliphatic carbocycles. The van der Waals surface area contributed by atoms with E-state index in [4.69, 9.17) is 4.74 Å². The minimum Gasteiger partial charge on any atom is -0.490 e. The van der Waals surface area contributed by atoms with Crippen molar-refractivity contribution in [1.29, 1.82) is 0 Å². The second kappa shape index (κ2) is 4.48. The quantitative estimate of drug-likeness (QED) is 0.634. The van der Waals surface area contributed by atoms with Gasteiger partial charge in [0.25, 0.3) is 0 Å². The van der Waals surface area contributed by atoms with Crippen LogP contribution in [0.2, 0.25) is 0 Å². The highest BCUT2D eigenvalue weighted by molar-refractivity contribution is 5.34. The molecule has 0 radical (unpaired) electrons. The molecule has 1 atom stereocenters. The third-order valence-electron chi connectivity index (χ3n) is 3.37. The summed E-state index contributed by atoms with van der Waals surface area (Å²) in [5.74, 6) is 1.10. The zero-order valence-electron chi connectivity index (χ0n) is 10.6. The number of hydrogen-bond acceptors (Lipinski definition) is 1. The van der Waals surface area contributed by atoms with Gasteiger partial charge in [-0.05, 0) is 42.7 Å². The van der Waals surface area contributed by atoms with Gasteiger partial charge in [0.15, 0.2) is 0 Å². The largest absolute Gasteiger partial charge is 0.490 e. The highest BCUT2D eigenvalue weighted by Gasteiger charge is 2.27. The minimum absolute atomic E-state index is 0.227. The fourth-order valence-corrected chi connectivity index (χ4v) is 2.29. The summed E-state index contributed by atoms with van der Waals surface area (Å²) < 4.78 is 6.20. The topological polar surface area (TPSA) is 9.23 Å². The van der Waals surface area contributed by atoms with E-state index in [1.54, 1.807) is 0 Å². The first kappa shape index (κ1) is 11.5. The molecule has 1 nitrogen and oxygen atoms in total. The molecule has 88 valence electrons. The Hall–Kier alpha value is -0.980. The number of fused-ring (bicyclic) bond motifs is 1. The van der Waals surface area contributed by atoms with Gasteiger partial charge in [0, 0.05) is 0 Å². The smallest absolute Gasteiger partial charge is 0.122 e. The van der Waals surface area contributed by atoms with Crippen molar-refractivity contribution >= 4 is 0 Å². The maximum Gasteiger partial charge on any atom is 0.122 e. The lowest BCUT2D eigenvalue weighted by atomic mass is 9.85. The summed E-state index contributed by atoms with van der Waals surface area (Å²) in [7, 11) is 0. The Balaban J connectivity index is 2.25. The molecule has 0 saturated heterocycles. The molecule has 2 rings (SSSR count). The van der Waals surface area contributed by atoms with Crippen molar-refractivity contribution in [2.24, 2.45) is 5.41 Å². The zero-order valence-corrected chi connectivity index (χ0v) is 10.6. The third kappa shape index (κ3) is 2.58. The van der Waals surface area contributed by atoms with Crippen molar-refractivity contribution < 1.29 is 4.74 Å². The zero-order chi connectivity index (χ0) is 11.6. The molecule has 0 aromatic heterocycles. The van der Waals surface area contributed by atoms with E-state index >= 15 is 0 Å². The molecule has 1 aromatic carbocycles. The van der Waals surface area contributed by atoms with E-state index in [0.29, 0.717) is 6.10 Å². The molecule has 1 heterocycles. The SMILES string of the molecule is CC(C)(C)C1CCCCc2ccccc2O1. The monoisotopic (exact) mass is 218 g/mol. The normalized spacial score (nSPS) is 21.6. The number of hydrogen-bond donors (Lipinski definition) is 0. The lowest BCUT2D eigenvalue weighted by Crippen LogP contribution is -2.33. The standard InChI is InChI=1S/C15H22O/c1-15(2,3)14-11-7-5-9-12-8-4-6-10-13(12)16-14/h4,6,8,10,14H,5,7,9,11H2,1-3H3. The van der Waals surface area contributed by atoms with Crippen LogP contribution < -0.4 is 4.74 Å². The van der Waals surface area contributed by atoms with Gasteiger partial charge in [0.05, 0.1) is 0 Å². The Labute approximate surface area is 98.8 Å². The predicted molar refractivity (Wildman–Crippen MR) is 67.9 cm³/mol. The Kier molecular flexibility index (Phi) is 3.22. The fraction of sp³-hybridized carbons (Fsp3) is 0.600. The lowest BCUT2D eigenvalue weighted by Gasteiger charge is -2.33. The van der Waals surface area contributed by atoms with Crippen molar-refractivity contribution in [2.75, 3.05) is 0 Å². The maximum atomic E-state index is 6.20. The van der Waals surface area contributed by atoms with E-state index in [2.05, 4.69) is 45.0 Å². The lowest BCUT2D eigenvalue weighted by molar-refractivity contribution is 0.0726. The molecule has 0 spiro atoms. The molecule has 1 aliphatic heterocycles. The van der Waals surface area contributed by atoms with Crippen LogP contribution in [0.5, 0.6) is 5.75 Å². The molecule has 0 N–H and O–H groups in total. The Morgan fingerprint density at radius 3 is 2.62 bits per heavy atom. The summed E-state index contributed by atoms with van der Waals surface area (Å²) >= 11 is 0. The highest BCUT2D eigenvalue weighted by Crippen LogP contribution is 2.32. The van der Waals surface area contributed by atoms with Crippen LogP contribution in [0.1, 0.15) is 45.6 Å². The molecular formula is C15H22O. The Morgan fingerprint density at radius 2 is 1.88 bits per heavy atom. The van der Waals surface area contributed by atoms with Crippen LogP contribution in [-0.4, -0.2) is 6.10 Å². The summed E-state index contributed by atoms with van der Waals surface area (Å²) in [5, 5.41) is 0. The van der Waals surface area contributed by atoms with Gasteiger partial charge in [0.2, 0.25) is 0 Å². The summed E-state index contributed by atoms with van der Waals surface area (Å²) in [6, 6.07) is 8.48. The molecular weight excluding hydrogens is 196 g/mol. The number of para-hydroxylation sites is 1. The van der Waals surface area contributed by atoms with Crippen LogP contribution in [0.15, 0.2) is 24.3 Å². The van der Waals surface area contributed by atoms with Crippen LogP contribution in [0.25, 0.3) is 0 Å². The van der Waals surface area contributed by atoms with E-state index in [9.17, 15) is 0 Å². The molecule has 0 bridgehead atoms. The van der Waals surface area contributed by atoms with Gasteiger partial charge in [-0.25, -0.2) is 0 Å². The number of rotatable bonds is 0. The summed E-state index contributed by atoms with van der Waals surface area (Å²) in [5.41, 5.74) is 1.60. The minimum atomic E-state index is 0.227. The van der Waals surface area contributed by atoms with E-state index < -0.39 is 0 Å². The van der Waals surface area contributed by atoms with Gasteiger partial charge in [-0.2, -0.15) is 0 Å². The average Bonchev–Trinajstić information content (AvgIpc) is 2.17. The number of aryl methyl sites for hydroxylation is 1. The summed E-state index contributed by atoms with van der Waals surface area (Å²) in [6.45, 7) is 6.80. The van der Waals surface area contributed by atoms with Gasteiger partial charge in [-0.1, -0.05) is 39.0 Å². The van der Waals surface area contributed by atoms with Crippen LogP contribution in [-0.2, 0) is 6.42 Å². The van der Waals surface area contributed by atoms with Crippen LogP contribution in [0.3, 0.4) is 0 Å². The number of ether oxygens (including phenoxy) is 1. The van der Waals surface area contributed by atoms with Crippen molar-refractivity contribution in [1.82, 2.24) is 0 Å². The van der Waals surface area contributed by atoms with Crippen LogP contribution in [0, 0.1) is 5.41 Å². The first-order valence-electron chi connectivity index (χ1n) is 6.32. The second-order valence-corrected chi connectivity index (χ2v) is 5.83. The number of benzene rings is 1. The van der Waals surface area contributed by atoms with Gasteiger partial charge >= 0.3 is 0 Å². The molecule has 1 aliphatic rings. The van der Waals surface area contributed by atoms with Gasteiger partial charge in [0.1, 0.15) is 11.9 Å². The molecule has 0 fully saturated rings. The van der Waals surface area contributed by atoms with Crippen molar-refractivity contribution in [3.63, 3.8) is 0 Å². The highest BCUT2D eigenvalue weighted by atomic mass is 16.5. The molecule has 1 unspecified atom stereocenters. The second-order valence-electron chi connectivity index (χ2n) is 5.83. The van der Waals surface area contributed by atoms with Crippen molar-refractivity contribution in [3.05, 3.63) is 29.8 Å².